The van der Waals surface area contributed by atoms with Crippen LogP contribution in [0.1, 0.15) is 20.7 Å². The van der Waals surface area contributed by atoms with Crippen molar-refractivity contribution in [3.8, 4) is 0 Å². The largest absolute Gasteiger partial charge is 0.460 e. The first-order valence-corrected chi connectivity index (χ1v) is 8.19. The molecule has 0 spiro atoms. The molecule has 0 saturated carbocycles. The van der Waals surface area contributed by atoms with Crippen LogP contribution in [0, 0.1) is 0 Å². The van der Waals surface area contributed by atoms with E-state index in [-0.39, 0.29) is 19.1 Å². The fourth-order valence-corrected chi connectivity index (χ4v) is 2.46. The Balaban J connectivity index is 1.86. The average Bonchev–Trinajstić information content (AvgIpc) is 2.54. The zero-order chi connectivity index (χ0) is 16.8. The number of amides is 1. The molecule has 2 aromatic rings. The summed E-state index contributed by atoms with van der Waals surface area (Å²) in [5.74, 6) is -0.678. The number of carbonyl (C=O) groups is 2. The van der Waals surface area contributed by atoms with Crippen molar-refractivity contribution in [1.82, 2.24) is 14.9 Å². The molecule has 2 rings (SSSR count). The molecular weight excluding hydrogens is 430 g/mol. The Hall–Kier alpha value is -1.80. The van der Waals surface area contributed by atoms with E-state index in [1.807, 2.05) is 0 Å². The van der Waals surface area contributed by atoms with Crippen molar-refractivity contribution < 1.29 is 14.3 Å². The molecule has 0 aliphatic carbocycles. The lowest BCUT2D eigenvalue weighted by Crippen LogP contribution is -2.30. The van der Waals surface area contributed by atoms with Gasteiger partial charge in [-0.25, -0.2) is 4.79 Å². The number of aromatic nitrogens is 2. The van der Waals surface area contributed by atoms with E-state index in [4.69, 9.17) is 4.74 Å². The van der Waals surface area contributed by atoms with E-state index in [1.165, 1.54) is 17.3 Å². The standard InChI is InChI=1S/C15H13Br2N3O3/c1-20(14(21)10-4-12(16)8-18-6-10)2-3-23-15(22)11-5-13(17)9-19-7-11/h4-9H,2-3H2,1H3. The highest BCUT2D eigenvalue weighted by Crippen LogP contribution is 2.12. The predicted octanol–water partition coefficient (Wildman–Crippen LogP) is 2.93. The molecule has 6 nitrogen and oxygen atoms in total. The number of rotatable bonds is 5. The van der Waals surface area contributed by atoms with E-state index in [1.54, 1.807) is 31.6 Å². The average molecular weight is 443 g/mol. The maximum atomic E-state index is 12.2. The van der Waals surface area contributed by atoms with Crippen LogP contribution >= 0.6 is 31.9 Å². The van der Waals surface area contributed by atoms with Gasteiger partial charge in [-0.15, -0.1) is 0 Å². The smallest absolute Gasteiger partial charge is 0.339 e. The number of hydrogen-bond acceptors (Lipinski definition) is 5. The Morgan fingerprint density at radius 3 is 2.22 bits per heavy atom. The van der Waals surface area contributed by atoms with Crippen molar-refractivity contribution in [2.75, 3.05) is 20.2 Å². The van der Waals surface area contributed by atoms with E-state index >= 15 is 0 Å². The Morgan fingerprint density at radius 2 is 1.61 bits per heavy atom. The van der Waals surface area contributed by atoms with Crippen LogP contribution in [0.15, 0.2) is 45.9 Å². The molecule has 0 aromatic carbocycles. The lowest BCUT2D eigenvalue weighted by atomic mass is 10.2. The SMILES string of the molecule is CN(CCOC(=O)c1cncc(Br)c1)C(=O)c1cncc(Br)c1. The van der Waals surface area contributed by atoms with Gasteiger partial charge in [0.15, 0.2) is 0 Å². The van der Waals surface area contributed by atoms with E-state index < -0.39 is 5.97 Å². The zero-order valence-corrected chi connectivity index (χ0v) is 15.4. The molecule has 0 aliphatic rings. The molecule has 0 bridgehead atoms. The lowest BCUT2D eigenvalue weighted by molar-refractivity contribution is 0.0451. The number of nitrogens with zero attached hydrogens (tertiary/aromatic N) is 3. The van der Waals surface area contributed by atoms with Crippen LogP contribution in [0.25, 0.3) is 0 Å². The molecule has 0 saturated heterocycles. The number of esters is 1. The molecule has 2 heterocycles. The van der Waals surface area contributed by atoms with E-state index in [9.17, 15) is 9.59 Å². The number of halogens is 2. The van der Waals surface area contributed by atoms with Gasteiger partial charge in [0.05, 0.1) is 17.7 Å². The number of hydrogen-bond donors (Lipinski definition) is 0. The van der Waals surface area contributed by atoms with Crippen LogP contribution in [0.3, 0.4) is 0 Å². The van der Waals surface area contributed by atoms with Gasteiger partial charge in [-0.2, -0.15) is 0 Å². The van der Waals surface area contributed by atoms with Crippen molar-refractivity contribution in [3.05, 3.63) is 57.0 Å². The molecule has 8 heteroatoms. The number of ether oxygens (including phenoxy) is 1. The van der Waals surface area contributed by atoms with Crippen LogP contribution < -0.4 is 0 Å². The van der Waals surface area contributed by atoms with E-state index in [0.29, 0.717) is 15.6 Å². The van der Waals surface area contributed by atoms with Crippen molar-refractivity contribution in [1.29, 1.82) is 0 Å². The van der Waals surface area contributed by atoms with Crippen molar-refractivity contribution in [2.45, 2.75) is 0 Å². The molecule has 0 unspecified atom stereocenters. The minimum absolute atomic E-state index is 0.0923. The summed E-state index contributed by atoms with van der Waals surface area (Å²) in [5, 5.41) is 0. The van der Waals surface area contributed by atoms with E-state index in [2.05, 4.69) is 41.8 Å². The van der Waals surface area contributed by atoms with Crippen molar-refractivity contribution in [2.24, 2.45) is 0 Å². The van der Waals surface area contributed by atoms with Crippen LogP contribution in [0.5, 0.6) is 0 Å². The molecule has 1 amide bonds. The van der Waals surface area contributed by atoms with Crippen molar-refractivity contribution in [3.63, 3.8) is 0 Å². The fourth-order valence-electron chi connectivity index (χ4n) is 1.73. The van der Waals surface area contributed by atoms with Gasteiger partial charge < -0.3 is 9.64 Å². The zero-order valence-electron chi connectivity index (χ0n) is 12.2. The molecular formula is C15H13Br2N3O3. The predicted molar refractivity (Wildman–Crippen MR) is 91.1 cm³/mol. The highest BCUT2D eigenvalue weighted by molar-refractivity contribution is 9.10. The van der Waals surface area contributed by atoms with Crippen LogP contribution in [0.2, 0.25) is 0 Å². The monoisotopic (exact) mass is 441 g/mol. The summed E-state index contributed by atoms with van der Waals surface area (Å²) in [6.07, 6.45) is 6.09. The lowest BCUT2D eigenvalue weighted by Gasteiger charge is -2.17. The maximum absolute atomic E-state index is 12.2. The quantitative estimate of drug-likeness (QED) is 0.665. The summed E-state index contributed by atoms with van der Waals surface area (Å²) in [7, 11) is 1.64. The summed E-state index contributed by atoms with van der Waals surface area (Å²) in [4.78, 5) is 33.4. The van der Waals surface area contributed by atoms with Gasteiger partial charge in [-0.1, -0.05) is 0 Å². The van der Waals surface area contributed by atoms with Gasteiger partial charge in [-0.3, -0.25) is 14.8 Å². The Labute approximate surface area is 150 Å². The molecule has 120 valence electrons. The number of carbonyl (C=O) groups excluding carboxylic acids is 2. The second kappa shape index (κ2) is 8.16. The third-order valence-corrected chi connectivity index (χ3v) is 3.77. The fraction of sp³-hybridized carbons (Fsp3) is 0.200. The first-order valence-electron chi connectivity index (χ1n) is 6.61. The molecule has 2 aromatic heterocycles. The molecule has 0 fully saturated rings. The highest BCUT2D eigenvalue weighted by Gasteiger charge is 2.14. The molecule has 0 atom stereocenters. The van der Waals surface area contributed by atoms with Gasteiger partial charge in [0.1, 0.15) is 6.61 Å². The highest BCUT2D eigenvalue weighted by atomic mass is 79.9. The molecule has 0 radical (unpaired) electrons. The first-order chi connectivity index (χ1) is 11.0. The third kappa shape index (κ3) is 5.11. The summed E-state index contributed by atoms with van der Waals surface area (Å²) in [6.45, 7) is 0.369. The Bertz CT molecular complexity index is 725. The minimum Gasteiger partial charge on any atom is -0.460 e. The van der Waals surface area contributed by atoms with Gasteiger partial charge in [0.2, 0.25) is 0 Å². The van der Waals surface area contributed by atoms with Gasteiger partial charge in [0, 0.05) is 40.8 Å². The van der Waals surface area contributed by atoms with Crippen LogP contribution in [0.4, 0.5) is 0 Å². The van der Waals surface area contributed by atoms with Crippen LogP contribution in [-0.2, 0) is 4.74 Å². The Morgan fingerprint density at radius 1 is 1.04 bits per heavy atom. The molecule has 23 heavy (non-hydrogen) atoms. The summed E-state index contributed by atoms with van der Waals surface area (Å²) in [6, 6.07) is 3.31. The topological polar surface area (TPSA) is 72.4 Å². The Kier molecular flexibility index (Phi) is 6.23. The van der Waals surface area contributed by atoms with Gasteiger partial charge >= 0.3 is 5.97 Å². The van der Waals surface area contributed by atoms with E-state index in [0.717, 1.165) is 4.47 Å². The number of pyridine rings is 2. The normalized spacial score (nSPS) is 10.2. The van der Waals surface area contributed by atoms with Gasteiger partial charge in [-0.05, 0) is 44.0 Å². The van der Waals surface area contributed by atoms with Crippen LogP contribution in [-0.4, -0.2) is 46.9 Å². The molecule has 0 aliphatic heterocycles. The number of likely N-dealkylation sites (N-methyl/N-ethyl adjacent to an activating group) is 1. The second-order valence-corrected chi connectivity index (χ2v) is 6.48. The van der Waals surface area contributed by atoms with Gasteiger partial charge in [0.25, 0.3) is 5.91 Å². The summed E-state index contributed by atoms with van der Waals surface area (Å²) >= 11 is 6.51. The maximum Gasteiger partial charge on any atom is 0.339 e. The summed E-state index contributed by atoms with van der Waals surface area (Å²) < 4.78 is 6.57. The van der Waals surface area contributed by atoms with Crippen molar-refractivity contribution >= 4 is 43.7 Å². The third-order valence-electron chi connectivity index (χ3n) is 2.90. The first kappa shape index (κ1) is 17.6. The molecule has 0 N–H and O–H groups in total. The summed E-state index contributed by atoms with van der Waals surface area (Å²) in [5.41, 5.74) is 0.814. The minimum atomic E-state index is -0.483. The second-order valence-electron chi connectivity index (χ2n) is 4.65.